The summed E-state index contributed by atoms with van der Waals surface area (Å²) in [6.45, 7) is 0. The fourth-order valence-electron chi connectivity index (χ4n) is 6.37. The Morgan fingerprint density at radius 2 is 1.44 bits per heavy atom. The molecule has 1 aliphatic heterocycles. The number of hydrogen-bond acceptors (Lipinski definition) is 2. The van der Waals surface area contributed by atoms with Gasteiger partial charge in [-0.25, -0.2) is 4.98 Å². The van der Waals surface area contributed by atoms with Crippen molar-refractivity contribution < 1.29 is 0 Å². The van der Waals surface area contributed by atoms with E-state index < -0.39 is 0 Å². The lowest BCUT2D eigenvalue weighted by molar-refractivity contribution is 0.854. The Bertz CT molecular complexity index is 1980. The van der Waals surface area contributed by atoms with Gasteiger partial charge in [0, 0.05) is 28.8 Å². The smallest absolute Gasteiger partial charge is 0.145 e. The number of rotatable bonds is 4. The van der Waals surface area contributed by atoms with E-state index in [0.29, 0.717) is 5.92 Å². The van der Waals surface area contributed by atoms with E-state index >= 15 is 0 Å². The number of anilines is 3. The van der Waals surface area contributed by atoms with Gasteiger partial charge in [-0.2, -0.15) is 0 Å². The molecule has 41 heavy (non-hydrogen) atoms. The summed E-state index contributed by atoms with van der Waals surface area (Å²) in [5, 5.41) is 2.49. The maximum Gasteiger partial charge on any atom is 0.145 e. The lowest BCUT2D eigenvalue weighted by atomic mass is 9.89. The van der Waals surface area contributed by atoms with Crippen LogP contribution in [0.3, 0.4) is 0 Å². The quantitative estimate of drug-likeness (QED) is 0.228. The molecule has 194 valence electrons. The van der Waals surface area contributed by atoms with Gasteiger partial charge in [-0.3, -0.25) is 4.90 Å². The Labute approximate surface area is 240 Å². The van der Waals surface area contributed by atoms with E-state index in [1.807, 2.05) is 12.3 Å². The Hall–Kier alpha value is -5.21. The predicted octanol–water partition coefficient (Wildman–Crippen LogP) is 10.6. The molecule has 5 aromatic carbocycles. The fourth-order valence-corrected chi connectivity index (χ4v) is 6.37. The van der Waals surface area contributed by atoms with E-state index in [1.165, 1.54) is 44.2 Å². The van der Waals surface area contributed by atoms with Gasteiger partial charge in [0.2, 0.25) is 0 Å². The summed E-state index contributed by atoms with van der Waals surface area (Å²) < 4.78 is 0. The lowest BCUT2D eigenvalue weighted by Gasteiger charge is -2.32. The molecule has 0 fully saturated rings. The number of allylic oxidation sites excluding steroid dienone is 4. The van der Waals surface area contributed by atoms with E-state index in [4.69, 9.17) is 4.98 Å². The summed E-state index contributed by atoms with van der Waals surface area (Å²) in [5.74, 6) is 1.39. The van der Waals surface area contributed by atoms with Crippen LogP contribution in [0.4, 0.5) is 17.2 Å². The molecular weight excluding hydrogens is 496 g/mol. The minimum Gasteiger partial charge on any atom is -0.294 e. The number of aromatic nitrogens is 1. The van der Waals surface area contributed by atoms with Crippen molar-refractivity contribution in [2.24, 2.45) is 0 Å². The van der Waals surface area contributed by atoms with E-state index in [0.717, 1.165) is 29.2 Å². The van der Waals surface area contributed by atoms with Crippen LogP contribution < -0.4 is 4.90 Å². The van der Waals surface area contributed by atoms with Crippen molar-refractivity contribution in [1.82, 2.24) is 4.98 Å². The fraction of sp³-hybridized carbons (Fsp3) is 0.0513. The van der Waals surface area contributed by atoms with Crippen molar-refractivity contribution in [2.45, 2.75) is 12.3 Å². The summed E-state index contributed by atoms with van der Waals surface area (Å²) in [5.41, 5.74) is 10.9. The average Bonchev–Trinajstić information content (AvgIpc) is 3.06. The summed E-state index contributed by atoms with van der Waals surface area (Å²) in [7, 11) is 0. The molecule has 0 spiro atoms. The maximum absolute atomic E-state index is 4.95. The zero-order chi connectivity index (χ0) is 27.2. The molecule has 2 heterocycles. The van der Waals surface area contributed by atoms with Gasteiger partial charge in [0.25, 0.3) is 0 Å². The summed E-state index contributed by atoms with van der Waals surface area (Å²) in [6, 6.07) is 44.0. The number of pyridine rings is 1. The van der Waals surface area contributed by atoms with E-state index in [9.17, 15) is 0 Å². The number of benzene rings is 5. The molecule has 1 aliphatic carbocycles. The largest absolute Gasteiger partial charge is 0.294 e. The summed E-state index contributed by atoms with van der Waals surface area (Å²) in [6.07, 6.45) is 11.8. The molecule has 2 heteroatoms. The van der Waals surface area contributed by atoms with Crippen molar-refractivity contribution in [1.29, 1.82) is 0 Å². The molecule has 0 N–H and O–H groups in total. The zero-order valence-corrected chi connectivity index (χ0v) is 22.6. The van der Waals surface area contributed by atoms with Crippen LogP contribution in [0.1, 0.15) is 17.9 Å². The normalized spacial score (nSPS) is 15.2. The molecular formula is C39H28N2. The highest BCUT2D eigenvalue weighted by molar-refractivity contribution is 6.14. The minimum atomic E-state index is 0.427. The van der Waals surface area contributed by atoms with Gasteiger partial charge in [0.05, 0.1) is 5.69 Å². The standard InChI is InChI=1S/C39H28N2/c1-3-11-27(12-4-1)29-15-7-16-30(23-29)31-17-8-19-34(25-31)41-37-21-9-18-32-24-33(28-13-5-2-6-14-28)26-36(38(32)37)35-20-10-22-40-39(35)41/h1-11,13-27H,12H2. The summed E-state index contributed by atoms with van der Waals surface area (Å²) >= 11 is 0. The molecule has 0 radical (unpaired) electrons. The van der Waals surface area contributed by atoms with Gasteiger partial charge in [-0.1, -0.05) is 103 Å². The zero-order valence-electron chi connectivity index (χ0n) is 22.6. The molecule has 2 nitrogen and oxygen atoms in total. The SMILES string of the molecule is C1=CCC(c2cccc(-c3cccc(N4c5ncccc5-c5cc(-c6ccccc6)cc6cccc4c56)c3)c2)C=C1. The first kappa shape index (κ1) is 23.7. The van der Waals surface area contributed by atoms with Crippen molar-refractivity contribution in [3.63, 3.8) is 0 Å². The molecule has 1 atom stereocenters. The lowest BCUT2D eigenvalue weighted by Crippen LogP contribution is -2.16. The first-order valence-corrected chi connectivity index (χ1v) is 14.2. The number of nitrogens with zero attached hydrogens (tertiary/aromatic N) is 2. The van der Waals surface area contributed by atoms with Gasteiger partial charge in [0.15, 0.2) is 0 Å². The second kappa shape index (κ2) is 9.76. The highest BCUT2D eigenvalue weighted by atomic mass is 15.2. The first-order chi connectivity index (χ1) is 20.3. The third-order valence-electron chi connectivity index (χ3n) is 8.32. The molecule has 8 rings (SSSR count). The molecule has 0 saturated heterocycles. The van der Waals surface area contributed by atoms with Crippen LogP contribution >= 0.6 is 0 Å². The summed E-state index contributed by atoms with van der Waals surface area (Å²) in [4.78, 5) is 7.28. The predicted molar refractivity (Wildman–Crippen MR) is 172 cm³/mol. The van der Waals surface area contributed by atoms with Crippen LogP contribution in [-0.4, -0.2) is 4.98 Å². The topological polar surface area (TPSA) is 16.1 Å². The molecule has 0 amide bonds. The van der Waals surface area contributed by atoms with E-state index in [1.54, 1.807) is 0 Å². The Morgan fingerprint density at radius 1 is 0.610 bits per heavy atom. The van der Waals surface area contributed by atoms with Gasteiger partial charge < -0.3 is 0 Å². The molecule has 2 aliphatic rings. The highest BCUT2D eigenvalue weighted by Crippen LogP contribution is 2.51. The van der Waals surface area contributed by atoms with Crippen molar-refractivity contribution in [3.05, 3.63) is 157 Å². The average molecular weight is 525 g/mol. The minimum absolute atomic E-state index is 0.427. The van der Waals surface area contributed by atoms with Crippen molar-refractivity contribution >= 4 is 28.0 Å². The van der Waals surface area contributed by atoms with E-state index in [-0.39, 0.29) is 0 Å². The Kier molecular flexibility index (Phi) is 5.63. The van der Waals surface area contributed by atoms with Crippen LogP contribution in [0.2, 0.25) is 0 Å². The second-order valence-electron chi connectivity index (χ2n) is 10.8. The van der Waals surface area contributed by atoms with Crippen LogP contribution in [0.5, 0.6) is 0 Å². The van der Waals surface area contributed by atoms with Gasteiger partial charge in [-0.15, -0.1) is 0 Å². The van der Waals surface area contributed by atoms with Crippen molar-refractivity contribution in [2.75, 3.05) is 4.90 Å². The highest BCUT2D eigenvalue weighted by Gasteiger charge is 2.27. The number of hydrogen-bond donors (Lipinski definition) is 0. The Morgan fingerprint density at radius 3 is 2.32 bits per heavy atom. The van der Waals surface area contributed by atoms with Gasteiger partial charge >= 0.3 is 0 Å². The Balaban J connectivity index is 1.28. The molecule has 0 bridgehead atoms. The van der Waals surface area contributed by atoms with E-state index in [2.05, 4.69) is 144 Å². The maximum atomic E-state index is 4.95. The second-order valence-corrected chi connectivity index (χ2v) is 10.8. The van der Waals surface area contributed by atoms with Crippen LogP contribution in [0.25, 0.3) is 44.2 Å². The molecule has 1 aromatic heterocycles. The monoisotopic (exact) mass is 524 g/mol. The van der Waals surface area contributed by atoms with Crippen LogP contribution in [0, 0.1) is 0 Å². The van der Waals surface area contributed by atoms with Crippen LogP contribution in [-0.2, 0) is 0 Å². The van der Waals surface area contributed by atoms with Gasteiger partial charge in [-0.05, 0) is 87.7 Å². The number of fused-ring (bicyclic) bond motifs is 2. The van der Waals surface area contributed by atoms with Gasteiger partial charge in [0.1, 0.15) is 5.82 Å². The van der Waals surface area contributed by atoms with Crippen LogP contribution in [0.15, 0.2) is 152 Å². The molecule has 0 saturated carbocycles. The molecule has 6 aromatic rings. The third kappa shape index (κ3) is 4.08. The third-order valence-corrected chi connectivity index (χ3v) is 8.32. The first-order valence-electron chi connectivity index (χ1n) is 14.2. The molecule has 1 unspecified atom stereocenters. The van der Waals surface area contributed by atoms with Crippen molar-refractivity contribution in [3.8, 4) is 33.4 Å².